The highest BCUT2D eigenvalue weighted by Crippen LogP contribution is 2.09. The Bertz CT molecular complexity index is 136. The highest BCUT2D eigenvalue weighted by atomic mass is 16.6. The molecule has 0 spiro atoms. The number of aliphatic hydroxyl groups excluding tert-OH is 1. The van der Waals surface area contributed by atoms with Gasteiger partial charge in [-0.1, -0.05) is 13.8 Å². The van der Waals surface area contributed by atoms with Gasteiger partial charge in [-0.3, -0.25) is 10.1 Å². The Balaban J connectivity index is 3.82. The molecule has 2 atom stereocenters. The van der Waals surface area contributed by atoms with E-state index in [-0.39, 0.29) is 0 Å². The summed E-state index contributed by atoms with van der Waals surface area (Å²) in [6.45, 7) is 5.28. The average molecular weight is 161 g/mol. The standard InChI is InChI=1S/C7H15NO3/c1-5(2)4-7(9)6(3)8(10)11/h5-7,9H,4H2,1-3H3/t6-,7+/m0/s1. The van der Waals surface area contributed by atoms with Gasteiger partial charge in [0.25, 0.3) is 0 Å². The summed E-state index contributed by atoms with van der Waals surface area (Å²) >= 11 is 0. The van der Waals surface area contributed by atoms with Crippen molar-refractivity contribution in [3.05, 3.63) is 10.1 Å². The predicted molar refractivity (Wildman–Crippen MR) is 41.9 cm³/mol. The van der Waals surface area contributed by atoms with Crippen molar-refractivity contribution in [2.45, 2.75) is 39.3 Å². The lowest BCUT2D eigenvalue weighted by atomic mass is 10.0. The zero-order valence-electron chi connectivity index (χ0n) is 7.15. The minimum Gasteiger partial charge on any atom is -0.386 e. The van der Waals surface area contributed by atoms with E-state index in [9.17, 15) is 15.2 Å². The van der Waals surface area contributed by atoms with Gasteiger partial charge in [-0.05, 0) is 12.3 Å². The molecule has 4 heteroatoms. The smallest absolute Gasteiger partial charge is 0.235 e. The maximum absolute atomic E-state index is 10.2. The van der Waals surface area contributed by atoms with Gasteiger partial charge in [-0.2, -0.15) is 0 Å². The Morgan fingerprint density at radius 1 is 1.45 bits per heavy atom. The van der Waals surface area contributed by atoms with Gasteiger partial charge < -0.3 is 5.11 Å². The molecule has 1 N–H and O–H groups in total. The topological polar surface area (TPSA) is 63.4 Å². The van der Waals surface area contributed by atoms with E-state index < -0.39 is 17.1 Å². The van der Waals surface area contributed by atoms with Crippen molar-refractivity contribution < 1.29 is 10.0 Å². The summed E-state index contributed by atoms with van der Waals surface area (Å²) in [4.78, 5) is 9.72. The second-order valence-electron chi connectivity index (χ2n) is 3.22. The molecule has 66 valence electrons. The van der Waals surface area contributed by atoms with E-state index in [1.54, 1.807) is 0 Å². The molecule has 0 aromatic carbocycles. The van der Waals surface area contributed by atoms with Crippen LogP contribution in [-0.4, -0.2) is 22.2 Å². The first-order valence-corrected chi connectivity index (χ1v) is 3.76. The summed E-state index contributed by atoms with van der Waals surface area (Å²) in [5, 5.41) is 19.4. The number of hydrogen-bond donors (Lipinski definition) is 1. The molecule has 0 amide bonds. The normalized spacial score (nSPS) is 16.5. The lowest BCUT2D eigenvalue weighted by molar-refractivity contribution is -0.530. The van der Waals surface area contributed by atoms with Crippen LogP contribution in [0.1, 0.15) is 27.2 Å². The highest BCUT2D eigenvalue weighted by Gasteiger charge is 2.24. The molecule has 0 aliphatic rings. The lowest BCUT2D eigenvalue weighted by Gasteiger charge is -2.13. The summed E-state index contributed by atoms with van der Waals surface area (Å²) in [6.07, 6.45) is -0.327. The molecule has 0 aliphatic carbocycles. The van der Waals surface area contributed by atoms with Gasteiger partial charge in [0.2, 0.25) is 6.04 Å². The summed E-state index contributed by atoms with van der Waals surface area (Å²) in [5.41, 5.74) is 0. The van der Waals surface area contributed by atoms with Crippen LogP contribution in [0, 0.1) is 16.0 Å². The molecular weight excluding hydrogens is 146 g/mol. The second kappa shape index (κ2) is 4.28. The summed E-state index contributed by atoms with van der Waals surface area (Å²) < 4.78 is 0. The molecule has 4 nitrogen and oxygen atoms in total. The average Bonchev–Trinajstić information content (AvgIpc) is 1.84. The molecule has 0 radical (unpaired) electrons. The minimum absolute atomic E-state index is 0.299. The van der Waals surface area contributed by atoms with Gasteiger partial charge in [0.1, 0.15) is 6.10 Å². The van der Waals surface area contributed by atoms with Crippen molar-refractivity contribution in [3.8, 4) is 0 Å². The van der Waals surface area contributed by atoms with Crippen LogP contribution in [-0.2, 0) is 0 Å². The van der Waals surface area contributed by atoms with E-state index in [0.29, 0.717) is 12.3 Å². The number of rotatable bonds is 4. The molecule has 0 aromatic rings. The third kappa shape index (κ3) is 3.93. The van der Waals surface area contributed by atoms with Gasteiger partial charge in [0, 0.05) is 11.8 Å². The summed E-state index contributed by atoms with van der Waals surface area (Å²) in [6, 6.07) is -0.850. The number of hydrogen-bond acceptors (Lipinski definition) is 3. The van der Waals surface area contributed by atoms with Crippen LogP contribution < -0.4 is 0 Å². The predicted octanol–water partition coefficient (Wildman–Crippen LogP) is 1.06. The Morgan fingerprint density at radius 2 is 1.91 bits per heavy atom. The zero-order chi connectivity index (χ0) is 9.02. The van der Waals surface area contributed by atoms with Crippen molar-refractivity contribution in [1.29, 1.82) is 0 Å². The van der Waals surface area contributed by atoms with Crippen molar-refractivity contribution in [2.24, 2.45) is 5.92 Å². The Kier molecular flexibility index (Phi) is 4.03. The monoisotopic (exact) mass is 161 g/mol. The SMILES string of the molecule is CC(C)C[C@@H](O)[C@H](C)[N+](=O)[O-]. The highest BCUT2D eigenvalue weighted by molar-refractivity contribution is 4.64. The molecule has 0 bridgehead atoms. The first kappa shape index (κ1) is 10.4. The lowest BCUT2D eigenvalue weighted by Crippen LogP contribution is -2.31. The molecule has 0 saturated heterocycles. The Morgan fingerprint density at radius 3 is 2.18 bits per heavy atom. The van der Waals surface area contributed by atoms with Gasteiger partial charge in [-0.25, -0.2) is 0 Å². The summed E-state index contributed by atoms with van der Waals surface area (Å²) in [7, 11) is 0. The van der Waals surface area contributed by atoms with Crippen LogP contribution in [0.2, 0.25) is 0 Å². The van der Waals surface area contributed by atoms with Crippen molar-refractivity contribution >= 4 is 0 Å². The van der Waals surface area contributed by atoms with Gasteiger partial charge in [0.15, 0.2) is 0 Å². The molecule has 0 aliphatic heterocycles. The fourth-order valence-corrected chi connectivity index (χ4v) is 0.820. The maximum Gasteiger partial charge on any atom is 0.235 e. The first-order valence-electron chi connectivity index (χ1n) is 3.76. The van der Waals surface area contributed by atoms with Crippen molar-refractivity contribution in [1.82, 2.24) is 0 Å². The molecule has 0 unspecified atom stereocenters. The minimum atomic E-state index is -0.850. The largest absolute Gasteiger partial charge is 0.386 e. The number of aliphatic hydroxyl groups is 1. The fourth-order valence-electron chi connectivity index (χ4n) is 0.820. The molecule has 0 heterocycles. The van der Waals surface area contributed by atoms with Crippen molar-refractivity contribution in [2.75, 3.05) is 0 Å². The molecular formula is C7H15NO3. The quantitative estimate of drug-likeness (QED) is 0.495. The van der Waals surface area contributed by atoms with E-state index in [2.05, 4.69) is 0 Å². The Hall–Kier alpha value is -0.640. The van der Waals surface area contributed by atoms with E-state index >= 15 is 0 Å². The molecule has 0 saturated carbocycles. The van der Waals surface area contributed by atoms with E-state index in [4.69, 9.17) is 0 Å². The zero-order valence-corrected chi connectivity index (χ0v) is 7.15. The first-order chi connectivity index (χ1) is 4.95. The van der Waals surface area contributed by atoms with Crippen LogP contribution in [0.15, 0.2) is 0 Å². The van der Waals surface area contributed by atoms with Gasteiger partial charge in [0.05, 0.1) is 0 Å². The third-order valence-corrected chi connectivity index (χ3v) is 1.60. The van der Waals surface area contributed by atoms with Crippen LogP contribution in [0.4, 0.5) is 0 Å². The van der Waals surface area contributed by atoms with E-state index in [1.807, 2.05) is 13.8 Å². The Labute approximate surface area is 66.4 Å². The van der Waals surface area contributed by atoms with Gasteiger partial charge >= 0.3 is 0 Å². The van der Waals surface area contributed by atoms with E-state index in [1.165, 1.54) is 6.92 Å². The van der Waals surface area contributed by atoms with Crippen LogP contribution >= 0.6 is 0 Å². The number of nitro groups is 1. The van der Waals surface area contributed by atoms with Crippen LogP contribution in [0.25, 0.3) is 0 Å². The third-order valence-electron chi connectivity index (χ3n) is 1.60. The fraction of sp³-hybridized carbons (Fsp3) is 1.00. The second-order valence-corrected chi connectivity index (χ2v) is 3.22. The van der Waals surface area contributed by atoms with Crippen LogP contribution in [0.3, 0.4) is 0 Å². The molecule has 0 rings (SSSR count). The molecule has 0 fully saturated rings. The molecule has 11 heavy (non-hydrogen) atoms. The van der Waals surface area contributed by atoms with Crippen molar-refractivity contribution in [3.63, 3.8) is 0 Å². The summed E-state index contributed by atoms with van der Waals surface area (Å²) in [5.74, 6) is 0.299. The maximum atomic E-state index is 10.2. The molecule has 0 aromatic heterocycles. The number of nitrogens with zero attached hydrogens (tertiary/aromatic N) is 1. The van der Waals surface area contributed by atoms with Gasteiger partial charge in [-0.15, -0.1) is 0 Å². The van der Waals surface area contributed by atoms with E-state index in [0.717, 1.165) is 0 Å². The van der Waals surface area contributed by atoms with Crippen LogP contribution in [0.5, 0.6) is 0 Å².